The highest BCUT2D eigenvalue weighted by atomic mass is 35.5. The second-order valence-electron chi connectivity index (χ2n) is 5.28. The number of methoxy groups -OCH3 is 2. The van der Waals surface area contributed by atoms with Gasteiger partial charge in [-0.1, -0.05) is 35.3 Å². The Balaban J connectivity index is 2.00. The van der Waals surface area contributed by atoms with Gasteiger partial charge in [-0.05, 0) is 55.0 Å². The van der Waals surface area contributed by atoms with E-state index >= 15 is 0 Å². The number of rotatable bonds is 7. The lowest BCUT2D eigenvalue weighted by Gasteiger charge is -2.15. The molecule has 123 valence electrons. The van der Waals surface area contributed by atoms with Crippen LogP contribution in [0.3, 0.4) is 0 Å². The van der Waals surface area contributed by atoms with Crippen molar-refractivity contribution in [2.24, 2.45) is 0 Å². The van der Waals surface area contributed by atoms with Crippen molar-refractivity contribution in [1.29, 1.82) is 0 Å². The summed E-state index contributed by atoms with van der Waals surface area (Å²) in [6.07, 6.45) is 5.22. The third-order valence-electron chi connectivity index (χ3n) is 3.60. The summed E-state index contributed by atoms with van der Waals surface area (Å²) in [4.78, 5) is 4.22. The monoisotopic (exact) mass is 352 g/mol. The van der Waals surface area contributed by atoms with Crippen LogP contribution in [-0.2, 0) is 15.9 Å². The highest BCUT2D eigenvalue weighted by molar-refractivity contribution is 6.31. The van der Waals surface area contributed by atoms with Gasteiger partial charge in [-0.25, -0.2) is 4.98 Å². The van der Waals surface area contributed by atoms with Crippen molar-refractivity contribution in [3.63, 3.8) is 0 Å². The van der Waals surface area contributed by atoms with E-state index in [4.69, 9.17) is 32.7 Å². The summed E-state index contributed by atoms with van der Waals surface area (Å²) in [6, 6.07) is 8.01. The summed E-state index contributed by atoms with van der Waals surface area (Å²) < 4.78 is 10.5. The van der Waals surface area contributed by atoms with E-state index in [0.717, 1.165) is 34.6 Å². The van der Waals surface area contributed by atoms with E-state index in [9.17, 15) is 0 Å². The second kappa shape index (κ2) is 8.65. The largest absolute Gasteiger partial charge is 0.352 e. The van der Waals surface area contributed by atoms with Crippen LogP contribution in [0.1, 0.15) is 35.0 Å². The number of hydrogen-bond donors (Lipinski definition) is 0. The number of halogens is 2. The van der Waals surface area contributed by atoms with E-state index in [2.05, 4.69) is 17.5 Å². The molecule has 0 saturated carbocycles. The van der Waals surface area contributed by atoms with Gasteiger partial charge in [0.15, 0.2) is 6.29 Å². The Kier molecular flexibility index (Phi) is 6.85. The minimum absolute atomic E-state index is 0.403. The van der Waals surface area contributed by atoms with Crippen LogP contribution < -0.4 is 0 Å². The summed E-state index contributed by atoms with van der Waals surface area (Å²) in [7, 11) is 3.15. The lowest BCUT2D eigenvalue weighted by atomic mass is 10.0. The number of hydrogen-bond acceptors (Lipinski definition) is 3. The van der Waals surface area contributed by atoms with Crippen LogP contribution in [-0.4, -0.2) is 19.2 Å². The molecule has 0 fully saturated rings. The maximum absolute atomic E-state index is 6.12. The van der Waals surface area contributed by atoms with E-state index in [-0.39, 0.29) is 0 Å². The van der Waals surface area contributed by atoms with Crippen molar-refractivity contribution >= 4 is 23.2 Å². The molecule has 5 heteroatoms. The SMILES string of the molecule is COC(OC)c1cc(CC[CH]c2ccc(Cl)c(C)c2)cnc1Cl. The van der Waals surface area contributed by atoms with E-state index in [1.807, 2.05) is 25.1 Å². The van der Waals surface area contributed by atoms with Crippen molar-refractivity contribution in [2.45, 2.75) is 26.1 Å². The number of aromatic nitrogens is 1. The van der Waals surface area contributed by atoms with Crippen LogP contribution in [0.2, 0.25) is 10.2 Å². The zero-order valence-electron chi connectivity index (χ0n) is 13.5. The Morgan fingerprint density at radius 3 is 2.57 bits per heavy atom. The molecule has 1 aromatic heterocycles. The standard InChI is InChI=1S/C18H20Cl2NO2/c1-12-9-13(7-8-16(12)19)5-4-6-14-10-15(17(20)21-11-14)18(22-2)23-3/h5,7-11,18H,4,6H2,1-3H3. The molecular weight excluding hydrogens is 333 g/mol. The highest BCUT2D eigenvalue weighted by Gasteiger charge is 2.15. The molecule has 0 aliphatic carbocycles. The fourth-order valence-corrected chi connectivity index (χ4v) is 2.67. The third-order valence-corrected chi connectivity index (χ3v) is 4.34. The maximum atomic E-state index is 6.12. The molecule has 2 rings (SSSR count). The van der Waals surface area contributed by atoms with Crippen molar-refractivity contribution in [3.05, 3.63) is 69.3 Å². The summed E-state index contributed by atoms with van der Waals surface area (Å²) >= 11 is 12.2. The minimum atomic E-state index is -0.502. The first-order valence-electron chi connectivity index (χ1n) is 7.34. The maximum Gasteiger partial charge on any atom is 0.186 e. The molecule has 0 bridgehead atoms. The molecule has 0 unspecified atom stereocenters. The first-order chi connectivity index (χ1) is 11.0. The van der Waals surface area contributed by atoms with Crippen LogP contribution in [0, 0.1) is 13.3 Å². The van der Waals surface area contributed by atoms with Gasteiger partial charge in [0.05, 0.1) is 0 Å². The Hall–Kier alpha value is -1.13. The van der Waals surface area contributed by atoms with Crippen LogP contribution in [0.25, 0.3) is 0 Å². The molecule has 0 spiro atoms. The fourth-order valence-electron chi connectivity index (χ4n) is 2.36. The van der Waals surface area contributed by atoms with Crippen LogP contribution in [0.15, 0.2) is 30.5 Å². The van der Waals surface area contributed by atoms with Gasteiger partial charge >= 0.3 is 0 Å². The highest BCUT2D eigenvalue weighted by Crippen LogP contribution is 2.26. The molecule has 0 N–H and O–H groups in total. The first kappa shape index (κ1) is 18.2. The Labute approximate surface area is 147 Å². The van der Waals surface area contributed by atoms with Crippen LogP contribution in [0.4, 0.5) is 0 Å². The van der Waals surface area contributed by atoms with Crippen molar-refractivity contribution in [1.82, 2.24) is 4.98 Å². The van der Waals surface area contributed by atoms with Crippen molar-refractivity contribution < 1.29 is 9.47 Å². The Morgan fingerprint density at radius 2 is 1.91 bits per heavy atom. The van der Waals surface area contributed by atoms with E-state index in [0.29, 0.717) is 5.15 Å². The Bertz CT molecular complexity index is 657. The molecule has 3 nitrogen and oxygen atoms in total. The lowest BCUT2D eigenvalue weighted by Crippen LogP contribution is -2.06. The van der Waals surface area contributed by atoms with Gasteiger partial charge in [0.2, 0.25) is 0 Å². The van der Waals surface area contributed by atoms with Crippen LogP contribution >= 0.6 is 23.2 Å². The molecule has 1 aromatic carbocycles. The Morgan fingerprint density at radius 1 is 1.17 bits per heavy atom. The number of ether oxygens (including phenoxy) is 2. The molecule has 0 aliphatic heterocycles. The summed E-state index contributed by atoms with van der Waals surface area (Å²) in [6.45, 7) is 2.00. The average molecular weight is 353 g/mol. The van der Waals surface area contributed by atoms with E-state index < -0.39 is 6.29 Å². The number of pyridine rings is 1. The van der Waals surface area contributed by atoms with Gasteiger partial charge in [0.25, 0.3) is 0 Å². The topological polar surface area (TPSA) is 31.4 Å². The predicted molar refractivity (Wildman–Crippen MR) is 93.9 cm³/mol. The smallest absolute Gasteiger partial charge is 0.186 e. The quantitative estimate of drug-likeness (QED) is 0.508. The molecule has 23 heavy (non-hydrogen) atoms. The van der Waals surface area contributed by atoms with Crippen molar-refractivity contribution in [2.75, 3.05) is 14.2 Å². The second-order valence-corrected chi connectivity index (χ2v) is 6.04. The molecule has 0 saturated heterocycles. The van der Waals surface area contributed by atoms with Crippen LogP contribution in [0.5, 0.6) is 0 Å². The molecule has 0 amide bonds. The molecule has 0 atom stereocenters. The van der Waals surface area contributed by atoms with Gasteiger partial charge in [-0.2, -0.15) is 0 Å². The fraction of sp³-hybridized carbons (Fsp3) is 0.333. The number of nitrogens with zero attached hydrogens (tertiary/aromatic N) is 1. The average Bonchev–Trinajstić information content (AvgIpc) is 2.54. The summed E-state index contributed by atoms with van der Waals surface area (Å²) in [5, 5.41) is 1.19. The van der Waals surface area contributed by atoms with E-state index in [1.54, 1.807) is 20.4 Å². The van der Waals surface area contributed by atoms with Gasteiger partial charge in [-0.3, -0.25) is 0 Å². The van der Waals surface area contributed by atoms with Gasteiger partial charge in [0.1, 0.15) is 5.15 Å². The summed E-state index contributed by atoms with van der Waals surface area (Å²) in [5.74, 6) is 0. The molecule has 1 heterocycles. The third kappa shape index (κ3) is 4.92. The minimum Gasteiger partial charge on any atom is -0.352 e. The van der Waals surface area contributed by atoms with Gasteiger partial charge in [-0.15, -0.1) is 0 Å². The lowest BCUT2D eigenvalue weighted by molar-refractivity contribution is -0.106. The van der Waals surface area contributed by atoms with E-state index in [1.165, 1.54) is 5.56 Å². The first-order valence-corrected chi connectivity index (χ1v) is 8.10. The molecule has 0 aliphatic rings. The molecule has 2 aromatic rings. The van der Waals surface area contributed by atoms with Crippen molar-refractivity contribution in [3.8, 4) is 0 Å². The number of aryl methyl sites for hydroxylation is 2. The predicted octanol–water partition coefficient (Wildman–Crippen LogP) is 5.17. The number of benzene rings is 1. The summed E-state index contributed by atoms with van der Waals surface area (Å²) in [5.41, 5.74) is 4.08. The van der Waals surface area contributed by atoms with Gasteiger partial charge in [0, 0.05) is 31.0 Å². The van der Waals surface area contributed by atoms with Gasteiger partial charge < -0.3 is 9.47 Å². The zero-order valence-corrected chi connectivity index (χ0v) is 15.0. The molecular formula is C18H20Cl2NO2. The zero-order chi connectivity index (χ0) is 16.8. The normalized spacial score (nSPS) is 11.2. The molecule has 1 radical (unpaired) electrons.